The first kappa shape index (κ1) is 32.0. The van der Waals surface area contributed by atoms with Crippen molar-refractivity contribution < 1.29 is 14.3 Å². The summed E-state index contributed by atoms with van der Waals surface area (Å²) in [7, 11) is 1.64. The van der Waals surface area contributed by atoms with Crippen molar-refractivity contribution in [3.8, 4) is 5.75 Å². The van der Waals surface area contributed by atoms with Crippen LogP contribution in [0.4, 0.5) is 5.69 Å². The molecule has 4 aromatic carbocycles. The number of nitrogens with zero attached hydrogens (tertiary/aromatic N) is 2. The number of hydrogen-bond acceptors (Lipinski definition) is 4. The standard InChI is InChI=1S/C39H45N3O3/c1-27(2)24-35(38(43)40-36-28(3)12-11-13-29(36)4)42(25-30-14-7-6-8-15-30)39(44)37(32-18-20-34(45-5)21-19-32)41-23-22-31-16-9-10-17-33(31)26-41/h6-21,27,35,37H,22-26H2,1-5H3,(H,40,43). The summed E-state index contributed by atoms with van der Waals surface area (Å²) in [5.41, 5.74) is 7.22. The van der Waals surface area contributed by atoms with Gasteiger partial charge in [-0.25, -0.2) is 0 Å². The zero-order chi connectivity index (χ0) is 31.9. The molecule has 0 spiro atoms. The molecule has 2 atom stereocenters. The lowest BCUT2D eigenvalue weighted by Crippen LogP contribution is -2.52. The van der Waals surface area contributed by atoms with Crippen LogP contribution in [0, 0.1) is 19.8 Å². The van der Waals surface area contributed by atoms with Crippen molar-refractivity contribution in [2.75, 3.05) is 19.0 Å². The minimum Gasteiger partial charge on any atom is -0.497 e. The number of amides is 2. The third-order valence-corrected chi connectivity index (χ3v) is 8.77. The summed E-state index contributed by atoms with van der Waals surface area (Å²) in [6, 6.07) is 31.0. The number of nitrogens with one attached hydrogen (secondary N) is 1. The van der Waals surface area contributed by atoms with Gasteiger partial charge in [-0.3, -0.25) is 14.5 Å². The first-order valence-electron chi connectivity index (χ1n) is 15.9. The highest BCUT2D eigenvalue weighted by Gasteiger charge is 2.39. The Bertz CT molecular complexity index is 1580. The molecule has 0 saturated carbocycles. The van der Waals surface area contributed by atoms with E-state index in [1.807, 2.05) is 91.5 Å². The van der Waals surface area contributed by atoms with Crippen molar-refractivity contribution in [1.29, 1.82) is 0 Å². The molecular formula is C39H45N3O3. The van der Waals surface area contributed by atoms with Crippen molar-refractivity contribution in [2.24, 2.45) is 5.92 Å². The van der Waals surface area contributed by atoms with E-state index in [-0.39, 0.29) is 17.7 Å². The maximum absolute atomic E-state index is 15.2. The molecule has 2 amide bonds. The summed E-state index contributed by atoms with van der Waals surface area (Å²) in [6.07, 6.45) is 1.39. The van der Waals surface area contributed by atoms with E-state index in [1.54, 1.807) is 7.11 Å². The van der Waals surface area contributed by atoms with Gasteiger partial charge in [0.2, 0.25) is 11.8 Å². The van der Waals surface area contributed by atoms with Gasteiger partial charge >= 0.3 is 0 Å². The first-order valence-corrected chi connectivity index (χ1v) is 15.9. The molecule has 6 nitrogen and oxygen atoms in total. The summed E-state index contributed by atoms with van der Waals surface area (Å²) in [5, 5.41) is 3.23. The summed E-state index contributed by atoms with van der Waals surface area (Å²) >= 11 is 0. The van der Waals surface area contributed by atoms with Gasteiger partial charge in [-0.05, 0) is 78.1 Å². The second-order valence-corrected chi connectivity index (χ2v) is 12.5. The second-order valence-electron chi connectivity index (χ2n) is 12.5. The van der Waals surface area contributed by atoms with Crippen LogP contribution in [0.2, 0.25) is 0 Å². The zero-order valence-electron chi connectivity index (χ0n) is 27.1. The summed E-state index contributed by atoms with van der Waals surface area (Å²) < 4.78 is 5.46. The molecule has 4 aromatic rings. The molecule has 45 heavy (non-hydrogen) atoms. The number of carbonyl (C=O) groups excluding carboxylic acids is 2. The van der Waals surface area contributed by atoms with Crippen molar-refractivity contribution in [3.05, 3.63) is 130 Å². The van der Waals surface area contributed by atoms with E-state index >= 15 is 4.79 Å². The molecular weight excluding hydrogens is 558 g/mol. The van der Waals surface area contributed by atoms with Gasteiger partial charge in [0.15, 0.2) is 0 Å². The quantitative estimate of drug-likeness (QED) is 0.193. The number of hydrogen-bond donors (Lipinski definition) is 1. The van der Waals surface area contributed by atoms with E-state index < -0.39 is 12.1 Å². The number of para-hydroxylation sites is 1. The molecule has 0 radical (unpaired) electrons. The van der Waals surface area contributed by atoms with Crippen LogP contribution in [-0.2, 0) is 29.1 Å². The van der Waals surface area contributed by atoms with Gasteiger partial charge in [0.25, 0.3) is 0 Å². The van der Waals surface area contributed by atoms with E-state index in [0.29, 0.717) is 19.5 Å². The minimum atomic E-state index is -0.672. The van der Waals surface area contributed by atoms with Crippen molar-refractivity contribution >= 4 is 17.5 Å². The van der Waals surface area contributed by atoms with Crippen LogP contribution >= 0.6 is 0 Å². The maximum Gasteiger partial charge on any atom is 0.247 e. The Balaban J connectivity index is 1.58. The molecule has 234 valence electrons. The Morgan fingerprint density at radius 2 is 1.49 bits per heavy atom. The SMILES string of the molecule is COc1ccc(C(C(=O)N(Cc2ccccc2)C(CC(C)C)C(=O)Nc2c(C)cccc2C)N2CCc3ccccc3C2)cc1. The average molecular weight is 604 g/mol. The Kier molecular flexibility index (Phi) is 10.4. The molecule has 6 heteroatoms. The van der Waals surface area contributed by atoms with Gasteiger partial charge in [-0.15, -0.1) is 0 Å². The Morgan fingerprint density at radius 1 is 0.844 bits per heavy atom. The fraction of sp³-hybridized carbons (Fsp3) is 0.333. The van der Waals surface area contributed by atoms with Crippen LogP contribution in [0.3, 0.4) is 0 Å². The Morgan fingerprint density at radius 3 is 2.13 bits per heavy atom. The van der Waals surface area contributed by atoms with Gasteiger partial charge in [-0.2, -0.15) is 0 Å². The molecule has 2 unspecified atom stereocenters. The number of benzene rings is 4. The number of ether oxygens (including phenoxy) is 1. The molecule has 0 saturated heterocycles. The summed E-state index contributed by atoms with van der Waals surface area (Å²) in [6.45, 7) is 9.93. The molecule has 1 N–H and O–H groups in total. The highest BCUT2D eigenvalue weighted by Crippen LogP contribution is 2.33. The average Bonchev–Trinajstić information content (AvgIpc) is 3.05. The van der Waals surface area contributed by atoms with Crippen LogP contribution in [0.1, 0.15) is 59.7 Å². The van der Waals surface area contributed by atoms with Gasteiger partial charge in [0.1, 0.15) is 17.8 Å². The van der Waals surface area contributed by atoms with Crippen LogP contribution in [0.15, 0.2) is 97.1 Å². The zero-order valence-corrected chi connectivity index (χ0v) is 27.1. The number of anilines is 1. The largest absolute Gasteiger partial charge is 0.497 e. The molecule has 0 aromatic heterocycles. The highest BCUT2D eigenvalue weighted by atomic mass is 16.5. The third-order valence-electron chi connectivity index (χ3n) is 8.77. The smallest absolute Gasteiger partial charge is 0.247 e. The first-order chi connectivity index (χ1) is 21.7. The van der Waals surface area contributed by atoms with Gasteiger partial charge in [0, 0.05) is 25.3 Å². The lowest BCUT2D eigenvalue weighted by Gasteiger charge is -2.40. The molecule has 0 bridgehead atoms. The highest BCUT2D eigenvalue weighted by molar-refractivity contribution is 5.99. The molecule has 1 aliphatic heterocycles. The summed E-state index contributed by atoms with van der Waals surface area (Å²) in [4.78, 5) is 33.6. The fourth-order valence-corrected chi connectivity index (χ4v) is 6.35. The third kappa shape index (κ3) is 7.63. The predicted molar refractivity (Wildman–Crippen MR) is 181 cm³/mol. The summed E-state index contributed by atoms with van der Waals surface area (Å²) in [5.74, 6) is 0.681. The van der Waals surface area contributed by atoms with Gasteiger partial charge < -0.3 is 15.0 Å². The number of rotatable bonds is 11. The second kappa shape index (κ2) is 14.6. The molecule has 0 aliphatic carbocycles. The molecule has 5 rings (SSSR count). The topological polar surface area (TPSA) is 61.9 Å². The van der Waals surface area contributed by atoms with E-state index in [4.69, 9.17) is 4.74 Å². The van der Waals surface area contributed by atoms with Crippen LogP contribution in [0.25, 0.3) is 0 Å². The van der Waals surface area contributed by atoms with Crippen LogP contribution < -0.4 is 10.1 Å². The minimum absolute atomic E-state index is 0.0780. The number of fused-ring (bicyclic) bond motifs is 1. The number of carbonyl (C=O) groups is 2. The van der Waals surface area contributed by atoms with E-state index in [9.17, 15) is 4.79 Å². The monoisotopic (exact) mass is 603 g/mol. The maximum atomic E-state index is 15.2. The van der Waals surface area contributed by atoms with E-state index in [0.717, 1.165) is 46.7 Å². The lowest BCUT2D eigenvalue weighted by molar-refractivity contribution is -0.145. The van der Waals surface area contributed by atoms with Crippen LogP contribution in [-0.4, -0.2) is 41.3 Å². The normalized spacial score (nSPS) is 14.4. The lowest BCUT2D eigenvalue weighted by atomic mass is 9.94. The molecule has 1 aliphatic rings. The van der Waals surface area contributed by atoms with Gasteiger partial charge in [0.05, 0.1) is 7.11 Å². The Labute approximate surface area is 268 Å². The molecule has 0 fully saturated rings. The Hall–Kier alpha value is -4.42. The van der Waals surface area contributed by atoms with Crippen molar-refractivity contribution in [2.45, 2.75) is 65.7 Å². The molecule has 1 heterocycles. The van der Waals surface area contributed by atoms with E-state index in [1.165, 1.54) is 11.1 Å². The van der Waals surface area contributed by atoms with Gasteiger partial charge in [-0.1, -0.05) is 98.8 Å². The predicted octanol–water partition coefficient (Wildman–Crippen LogP) is 7.49. The van der Waals surface area contributed by atoms with Crippen molar-refractivity contribution in [3.63, 3.8) is 0 Å². The van der Waals surface area contributed by atoms with Crippen LogP contribution in [0.5, 0.6) is 5.75 Å². The van der Waals surface area contributed by atoms with Crippen molar-refractivity contribution in [1.82, 2.24) is 9.80 Å². The van der Waals surface area contributed by atoms with E-state index in [2.05, 4.69) is 48.3 Å². The number of aryl methyl sites for hydroxylation is 2. The fourth-order valence-electron chi connectivity index (χ4n) is 6.35. The number of methoxy groups -OCH3 is 1.